The predicted molar refractivity (Wildman–Crippen MR) is 69.6 cm³/mol. The van der Waals surface area contributed by atoms with Gasteiger partial charge in [-0.05, 0) is 16.7 Å². The number of nitrogens with zero attached hydrogens (tertiary/aromatic N) is 1. The van der Waals surface area contributed by atoms with Gasteiger partial charge in [0.05, 0.1) is 16.9 Å². The van der Waals surface area contributed by atoms with Gasteiger partial charge in [0.15, 0.2) is 0 Å². The molecule has 3 heteroatoms. The molecule has 0 atom stereocenters. The summed E-state index contributed by atoms with van der Waals surface area (Å²) in [6, 6.07) is 17.3. The second kappa shape index (κ2) is 4.11. The zero-order chi connectivity index (χ0) is 12.5. The Bertz CT molecular complexity index is 645. The Morgan fingerprint density at radius 1 is 0.944 bits per heavy atom. The Labute approximate surface area is 105 Å². The lowest BCUT2D eigenvalue weighted by atomic mass is 9.99. The molecule has 0 saturated heterocycles. The summed E-state index contributed by atoms with van der Waals surface area (Å²) in [4.78, 5) is 10.9. The molecule has 18 heavy (non-hydrogen) atoms. The lowest BCUT2D eigenvalue weighted by Crippen LogP contribution is -2.00. The molecule has 3 rings (SSSR count). The Morgan fingerprint density at radius 3 is 2.33 bits per heavy atom. The molecule has 0 unspecified atom stereocenters. The molecule has 3 nitrogen and oxygen atoms in total. The predicted octanol–water partition coefficient (Wildman–Crippen LogP) is 3.28. The molecule has 0 bridgehead atoms. The molecular formula is C15H11NO2. The van der Waals surface area contributed by atoms with Gasteiger partial charge in [-0.3, -0.25) is 10.1 Å². The molecule has 2 aromatic rings. The van der Waals surface area contributed by atoms with E-state index in [1.807, 2.05) is 54.6 Å². The van der Waals surface area contributed by atoms with Crippen LogP contribution in [-0.4, -0.2) is 4.92 Å². The van der Waals surface area contributed by atoms with Crippen molar-refractivity contribution in [2.45, 2.75) is 6.42 Å². The van der Waals surface area contributed by atoms with E-state index in [1.54, 1.807) is 0 Å². The van der Waals surface area contributed by atoms with Crippen molar-refractivity contribution >= 4 is 5.57 Å². The highest BCUT2D eigenvalue weighted by atomic mass is 16.6. The van der Waals surface area contributed by atoms with Gasteiger partial charge in [-0.25, -0.2) is 0 Å². The van der Waals surface area contributed by atoms with E-state index in [4.69, 9.17) is 0 Å². The van der Waals surface area contributed by atoms with E-state index in [0.717, 1.165) is 22.3 Å². The van der Waals surface area contributed by atoms with Crippen LogP contribution in [0.3, 0.4) is 0 Å². The summed E-state index contributed by atoms with van der Waals surface area (Å²) < 4.78 is 0. The summed E-state index contributed by atoms with van der Waals surface area (Å²) in [6.45, 7) is 0. The summed E-state index contributed by atoms with van der Waals surface area (Å²) >= 11 is 0. The van der Waals surface area contributed by atoms with Crippen LogP contribution in [0.1, 0.15) is 16.7 Å². The van der Waals surface area contributed by atoms with Crippen LogP contribution in [0.15, 0.2) is 60.3 Å². The van der Waals surface area contributed by atoms with Gasteiger partial charge in [0.25, 0.3) is 5.70 Å². The standard InChI is InChI=1S/C15H11NO2/c17-16(18)14-10-12-8-4-5-9-13(12)15(14)11-6-2-1-3-7-11/h1-9H,10H2. The highest BCUT2D eigenvalue weighted by Crippen LogP contribution is 2.37. The van der Waals surface area contributed by atoms with E-state index >= 15 is 0 Å². The number of hydrogen-bond donors (Lipinski definition) is 0. The molecule has 1 aliphatic rings. The first-order valence-corrected chi connectivity index (χ1v) is 5.78. The minimum atomic E-state index is -0.262. The first kappa shape index (κ1) is 10.7. The zero-order valence-corrected chi connectivity index (χ0v) is 9.67. The molecule has 0 fully saturated rings. The molecule has 0 saturated carbocycles. The molecule has 0 aromatic heterocycles. The van der Waals surface area contributed by atoms with Crippen LogP contribution < -0.4 is 0 Å². The smallest absolute Gasteiger partial charge is 0.258 e. The van der Waals surface area contributed by atoms with Crippen molar-refractivity contribution in [3.05, 3.63) is 87.1 Å². The van der Waals surface area contributed by atoms with Crippen LogP contribution in [0.4, 0.5) is 0 Å². The highest BCUT2D eigenvalue weighted by molar-refractivity contribution is 5.86. The van der Waals surface area contributed by atoms with Crippen LogP contribution in [0.2, 0.25) is 0 Å². The van der Waals surface area contributed by atoms with Gasteiger partial charge < -0.3 is 0 Å². The Morgan fingerprint density at radius 2 is 1.61 bits per heavy atom. The molecule has 2 aromatic carbocycles. The number of benzene rings is 2. The van der Waals surface area contributed by atoms with Crippen molar-refractivity contribution in [2.75, 3.05) is 0 Å². The summed E-state index contributed by atoms with van der Waals surface area (Å²) in [5.74, 6) is 0. The first-order valence-electron chi connectivity index (χ1n) is 5.78. The van der Waals surface area contributed by atoms with E-state index in [2.05, 4.69) is 0 Å². The van der Waals surface area contributed by atoms with Gasteiger partial charge in [-0.2, -0.15) is 0 Å². The second-order valence-corrected chi connectivity index (χ2v) is 4.28. The third-order valence-electron chi connectivity index (χ3n) is 3.22. The monoisotopic (exact) mass is 237 g/mol. The van der Waals surface area contributed by atoms with Crippen LogP contribution in [-0.2, 0) is 6.42 Å². The molecule has 0 radical (unpaired) electrons. The lowest BCUT2D eigenvalue weighted by molar-refractivity contribution is -0.425. The largest absolute Gasteiger partial charge is 0.259 e. The molecule has 0 spiro atoms. The minimum Gasteiger partial charge on any atom is -0.259 e. The fourth-order valence-corrected chi connectivity index (χ4v) is 2.43. The topological polar surface area (TPSA) is 43.1 Å². The maximum Gasteiger partial charge on any atom is 0.258 e. The molecular weight excluding hydrogens is 226 g/mol. The first-order chi connectivity index (χ1) is 8.77. The van der Waals surface area contributed by atoms with Crippen molar-refractivity contribution in [3.8, 4) is 0 Å². The van der Waals surface area contributed by atoms with Gasteiger partial charge in [-0.1, -0.05) is 54.6 Å². The van der Waals surface area contributed by atoms with Crippen LogP contribution in [0, 0.1) is 10.1 Å². The molecule has 0 N–H and O–H groups in total. The summed E-state index contributed by atoms with van der Waals surface area (Å²) in [5.41, 5.74) is 3.98. The summed E-state index contributed by atoms with van der Waals surface area (Å²) in [5, 5.41) is 11.2. The van der Waals surface area contributed by atoms with E-state index in [-0.39, 0.29) is 4.92 Å². The molecule has 1 aliphatic carbocycles. The van der Waals surface area contributed by atoms with Crippen LogP contribution >= 0.6 is 0 Å². The SMILES string of the molecule is O=[N+]([O-])C1=C(c2ccccc2)c2ccccc2C1. The maximum atomic E-state index is 11.2. The quantitative estimate of drug-likeness (QED) is 0.594. The van der Waals surface area contributed by atoms with E-state index in [1.165, 1.54) is 0 Å². The van der Waals surface area contributed by atoms with E-state index in [0.29, 0.717) is 12.1 Å². The van der Waals surface area contributed by atoms with E-state index in [9.17, 15) is 10.1 Å². The van der Waals surface area contributed by atoms with Crippen LogP contribution in [0.25, 0.3) is 5.57 Å². The maximum absolute atomic E-state index is 11.2. The number of fused-ring (bicyclic) bond motifs is 1. The average Bonchev–Trinajstić information content (AvgIpc) is 2.79. The van der Waals surface area contributed by atoms with Gasteiger partial charge in [0, 0.05) is 0 Å². The fourth-order valence-electron chi connectivity index (χ4n) is 2.43. The fraction of sp³-hybridized carbons (Fsp3) is 0.0667. The third-order valence-corrected chi connectivity index (χ3v) is 3.22. The normalized spacial score (nSPS) is 13.6. The van der Waals surface area contributed by atoms with Gasteiger partial charge in [0.2, 0.25) is 0 Å². The van der Waals surface area contributed by atoms with Crippen molar-refractivity contribution < 1.29 is 4.92 Å². The number of rotatable bonds is 2. The number of hydrogen-bond acceptors (Lipinski definition) is 2. The minimum absolute atomic E-state index is 0.262. The average molecular weight is 237 g/mol. The summed E-state index contributed by atoms with van der Waals surface area (Å²) in [6.07, 6.45) is 0.410. The molecule has 0 heterocycles. The Kier molecular flexibility index (Phi) is 2.45. The third kappa shape index (κ3) is 1.61. The number of nitro groups is 1. The van der Waals surface area contributed by atoms with Gasteiger partial charge >= 0.3 is 0 Å². The van der Waals surface area contributed by atoms with Crippen molar-refractivity contribution in [1.29, 1.82) is 0 Å². The zero-order valence-electron chi connectivity index (χ0n) is 9.67. The molecule has 0 aliphatic heterocycles. The Hall–Kier alpha value is -2.42. The second-order valence-electron chi connectivity index (χ2n) is 4.28. The highest BCUT2D eigenvalue weighted by Gasteiger charge is 2.30. The van der Waals surface area contributed by atoms with E-state index < -0.39 is 0 Å². The molecule has 88 valence electrons. The van der Waals surface area contributed by atoms with Crippen molar-refractivity contribution in [1.82, 2.24) is 0 Å². The Balaban J connectivity index is 2.24. The van der Waals surface area contributed by atoms with Gasteiger partial charge in [0.1, 0.15) is 0 Å². The van der Waals surface area contributed by atoms with Crippen molar-refractivity contribution in [2.24, 2.45) is 0 Å². The lowest BCUT2D eigenvalue weighted by Gasteiger charge is -2.04. The van der Waals surface area contributed by atoms with Gasteiger partial charge in [-0.15, -0.1) is 0 Å². The summed E-state index contributed by atoms with van der Waals surface area (Å²) in [7, 11) is 0. The van der Waals surface area contributed by atoms with Crippen LogP contribution in [0.5, 0.6) is 0 Å². The van der Waals surface area contributed by atoms with Crippen molar-refractivity contribution in [3.63, 3.8) is 0 Å². The number of allylic oxidation sites excluding steroid dienone is 1. The molecule has 0 amide bonds.